The lowest BCUT2D eigenvalue weighted by atomic mass is 10.0. The Balaban J connectivity index is 2.14. The third kappa shape index (κ3) is 6.80. The Kier molecular flexibility index (Phi) is 8.58. The minimum atomic E-state index is 1.10. The molecule has 1 aromatic rings. The van der Waals surface area contributed by atoms with Gasteiger partial charge in [0.2, 0.25) is 0 Å². The molecule has 0 aliphatic carbocycles. The lowest BCUT2D eigenvalue weighted by molar-refractivity contribution is 0.616. The van der Waals surface area contributed by atoms with Crippen molar-refractivity contribution < 1.29 is 0 Å². The standard InChI is InChI=1S/C17H29N/c1-3-5-9-16-11-13-17(14-12-16)10-7-6-8-15-18-4-2/h11-14,18H,3-10,15H2,1-2H3. The van der Waals surface area contributed by atoms with Crippen molar-refractivity contribution in [1.82, 2.24) is 5.32 Å². The molecule has 0 heterocycles. The molecule has 0 saturated heterocycles. The molecular weight excluding hydrogens is 218 g/mol. The van der Waals surface area contributed by atoms with Crippen molar-refractivity contribution in [3.8, 4) is 0 Å². The van der Waals surface area contributed by atoms with Crippen molar-refractivity contribution in [1.29, 1.82) is 0 Å². The summed E-state index contributed by atoms with van der Waals surface area (Å²) in [5, 5.41) is 3.37. The molecule has 0 fully saturated rings. The van der Waals surface area contributed by atoms with Gasteiger partial charge in [0.05, 0.1) is 0 Å². The first kappa shape index (κ1) is 15.2. The van der Waals surface area contributed by atoms with E-state index in [1.807, 2.05) is 0 Å². The van der Waals surface area contributed by atoms with Crippen LogP contribution in [0.25, 0.3) is 0 Å². The smallest absolute Gasteiger partial charge is 0.00490 e. The highest BCUT2D eigenvalue weighted by Gasteiger charge is 1.96. The van der Waals surface area contributed by atoms with Crippen LogP contribution in [0.3, 0.4) is 0 Å². The number of hydrogen-bond acceptors (Lipinski definition) is 1. The molecule has 0 radical (unpaired) electrons. The van der Waals surface area contributed by atoms with Gasteiger partial charge in [-0.15, -0.1) is 0 Å². The summed E-state index contributed by atoms with van der Waals surface area (Å²) in [7, 11) is 0. The van der Waals surface area contributed by atoms with Crippen molar-refractivity contribution in [2.45, 2.75) is 58.8 Å². The lowest BCUT2D eigenvalue weighted by Gasteiger charge is -2.04. The second-order valence-corrected chi connectivity index (χ2v) is 5.08. The summed E-state index contributed by atoms with van der Waals surface area (Å²) in [6, 6.07) is 9.25. The SMILES string of the molecule is CCCCc1ccc(CCCCCNCC)cc1. The maximum Gasteiger partial charge on any atom is -0.00490 e. The van der Waals surface area contributed by atoms with E-state index in [2.05, 4.69) is 43.4 Å². The second-order valence-electron chi connectivity index (χ2n) is 5.08. The van der Waals surface area contributed by atoms with Crippen LogP contribution in [0.15, 0.2) is 24.3 Å². The van der Waals surface area contributed by atoms with Crippen molar-refractivity contribution in [3.05, 3.63) is 35.4 Å². The first-order valence-corrected chi connectivity index (χ1v) is 7.65. The zero-order chi connectivity index (χ0) is 13.1. The van der Waals surface area contributed by atoms with Gasteiger partial charge in [0, 0.05) is 0 Å². The molecule has 0 aliphatic rings. The molecule has 0 spiro atoms. The number of nitrogens with one attached hydrogen (secondary N) is 1. The van der Waals surface area contributed by atoms with Crippen LogP contribution >= 0.6 is 0 Å². The van der Waals surface area contributed by atoms with Crippen LogP contribution in [0.5, 0.6) is 0 Å². The van der Waals surface area contributed by atoms with Gasteiger partial charge in [-0.2, -0.15) is 0 Å². The molecule has 18 heavy (non-hydrogen) atoms. The van der Waals surface area contributed by atoms with Gasteiger partial charge in [-0.3, -0.25) is 0 Å². The second kappa shape index (κ2) is 10.1. The highest BCUT2D eigenvalue weighted by molar-refractivity contribution is 5.22. The van der Waals surface area contributed by atoms with Gasteiger partial charge in [0.1, 0.15) is 0 Å². The molecule has 0 atom stereocenters. The van der Waals surface area contributed by atoms with Gasteiger partial charge in [-0.1, -0.05) is 51.0 Å². The highest BCUT2D eigenvalue weighted by atomic mass is 14.8. The molecule has 0 aromatic heterocycles. The van der Waals surface area contributed by atoms with E-state index in [0.717, 1.165) is 6.54 Å². The fraction of sp³-hybridized carbons (Fsp3) is 0.647. The largest absolute Gasteiger partial charge is 0.317 e. The van der Waals surface area contributed by atoms with Gasteiger partial charge in [0.15, 0.2) is 0 Å². The first-order valence-electron chi connectivity index (χ1n) is 7.65. The maximum atomic E-state index is 3.37. The van der Waals surface area contributed by atoms with E-state index in [4.69, 9.17) is 0 Å². The fourth-order valence-corrected chi connectivity index (χ4v) is 2.19. The van der Waals surface area contributed by atoms with Crippen LogP contribution in [0.4, 0.5) is 0 Å². The van der Waals surface area contributed by atoms with E-state index in [1.54, 1.807) is 0 Å². The quantitative estimate of drug-likeness (QED) is 0.606. The molecule has 0 bridgehead atoms. The third-order valence-corrected chi connectivity index (χ3v) is 3.41. The van der Waals surface area contributed by atoms with Crippen LogP contribution in [-0.4, -0.2) is 13.1 Å². The number of hydrogen-bond donors (Lipinski definition) is 1. The Morgan fingerprint density at radius 2 is 1.39 bits per heavy atom. The Hall–Kier alpha value is -0.820. The zero-order valence-electron chi connectivity index (χ0n) is 12.2. The van der Waals surface area contributed by atoms with Gasteiger partial charge in [-0.05, 0) is 56.3 Å². The van der Waals surface area contributed by atoms with Crippen molar-refractivity contribution in [3.63, 3.8) is 0 Å². The predicted molar refractivity (Wildman–Crippen MR) is 81.2 cm³/mol. The van der Waals surface area contributed by atoms with E-state index in [9.17, 15) is 0 Å². The summed E-state index contributed by atoms with van der Waals surface area (Å²) >= 11 is 0. The Morgan fingerprint density at radius 3 is 1.94 bits per heavy atom. The number of aryl methyl sites for hydroxylation is 2. The summed E-state index contributed by atoms with van der Waals surface area (Å²) < 4.78 is 0. The number of benzene rings is 1. The van der Waals surface area contributed by atoms with E-state index < -0.39 is 0 Å². The monoisotopic (exact) mass is 247 g/mol. The summed E-state index contributed by atoms with van der Waals surface area (Å²) in [6.45, 7) is 6.69. The summed E-state index contributed by atoms with van der Waals surface area (Å²) in [4.78, 5) is 0. The lowest BCUT2D eigenvalue weighted by Crippen LogP contribution is -2.13. The van der Waals surface area contributed by atoms with E-state index in [0.29, 0.717) is 0 Å². The number of rotatable bonds is 10. The molecular formula is C17H29N. The fourth-order valence-electron chi connectivity index (χ4n) is 2.19. The molecule has 1 heteroatoms. The van der Waals surface area contributed by atoms with Gasteiger partial charge >= 0.3 is 0 Å². The molecule has 102 valence electrons. The highest BCUT2D eigenvalue weighted by Crippen LogP contribution is 2.10. The van der Waals surface area contributed by atoms with E-state index >= 15 is 0 Å². The molecule has 0 amide bonds. The maximum absolute atomic E-state index is 3.37. The van der Waals surface area contributed by atoms with E-state index in [-0.39, 0.29) is 0 Å². The zero-order valence-corrected chi connectivity index (χ0v) is 12.2. The van der Waals surface area contributed by atoms with Crippen molar-refractivity contribution in [2.75, 3.05) is 13.1 Å². The van der Waals surface area contributed by atoms with Gasteiger partial charge in [0.25, 0.3) is 0 Å². The van der Waals surface area contributed by atoms with Crippen LogP contribution in [0.1, 0.15) is 57.1 Å². The Bertz CT molecular complexity index is 289. The average Bonchev–Trinajstić information content (AvgIpc) is 2.42. The van der Waals surface area contributed by atoms with Gasteiger partial charge < -0.3 is 5.32 Å². The van der Waals surface area contributed by atoms with Crippen LogP contribution < -0.4 is 5.32 Å². The normalized spacial score (nSPS) is 10.8. The summed E-state index contributed by atoms with van der Waals surface area (Å²) in [6.07, 6.45) is 9.03. The molecule has 1 nitrogen and oxygen atoms in total. The first-order chi connectivity index (χ1) is 8.86. The van der Waals surface area contributed by atoms with Gasteiger partial charge in [-0.25, -0.2) is 0 Å². The topological polar surface area (TPSA) is 12.0 Å². The minimum Gasteiger partial charge on any atom is -0.317 e. The van der Waals surface area contributed by atoms with Crippen LogP contribution in [0, 0.1) is 0 Å². The molecule has 0 unspecified atom stereocenters. The summed E-state index contributed by atoms with van der Waals surface area (Å²) in [5.41, 5.74) is 2.99. The molecule has 1 aromatic carbocycles. The van der Waals surface area contributed by atoms with Crippen molar-refractivity contribution >= 4 is 0 Å². The third-order valence-electron chi connectivity index (χ3n) is 3.41. The van der Waals surface area contributed by atoms with E-state index in [1.165, 1.54) is 62.6 Å². The summed E-state index contributed by atoms with van der Waals surface area (Å²) in [5.74, 6) is 0. The molecule has 1 N–H and O–H groups in total. The predicted octanol–water partition coefficient (Wildman–Crippen LogP) is 4.35. The van der Waals surface area contributed by atoms with Crippen LogP contribution in [-0.2, 0) is 12.8 Å². The van der Waals surface area contributed by atoms with Crippen LogP contribution in [0.2, 0.25) is 0 Å². The Labute approximate surface area is 113 Å². The van der Waals surface area contributed by atoms with Crippen molar-refractivity contribution in [2.24, 2.45) is 0 Å². The minimum absolute atomic E-state index is 1.10. The Morgan fingerprint density at radius 1 is 0.778 bits per heavy atom. The molecule has 1 rings (SSSR count). The average molecular weight is 247 g/mol. The molecule has 0 aliphatic heterocycles. The number of unbranched alkanes of at least 4 members (excludes halogenated alkanes) is 3. The molecule has 0 saturated carbocycles.